The zero-order valence-electron chi connectivity index (χ0n) is 14.6. The van der Waals surface area contributed by atoms with Gasteiger partial charge in [-0.15, -0.1) is 10.2 Å². The number of ketones is 1. The molecule has 3 aromatic rings. The summed E-state index contributed by atoms with van der Waals surface area (Å²) in [5.74, 6) is -0.163. The van der Waals surface area contributed by atoms with Crippen molar-refractivity contribution < 1.29 is 13.6 Å². The molecule has 0 radical (unpaired) electrons. The van der Waals surface area contributed by atoms with E-state index in [1.165, 1.54) is 18.2 Å². The average molecular weight is 364 g/mol. The fraction of sp³-hybridized carbons (Fsp3) is 0.300. The highest BCUT2D eigenvalue weighted by atomic mass is 19.1. The molecule has 1 aromatic carbocycles. The molecule has 136 valence electrons. The van der Waals surface area contributed by atoms with Crippen LogP contribution in [-0.2, 0) is 13.0 Å². The number of hydrogen-bond acceptors (Lipinski definition) is 5. The number of benzene rings is 1. The minimum absolute atomic E-state index is 0.0758. The van der Waals surface area contributed by atoms with Crippen LogP contribution in [0.4, 0.5) is 4.39 Å². The van der Waals surface area contributed by atoms with Gasteiger partial charge in [-0.3, -0.25) is 4.79 Å². The molecule has 2 aromatic heterocycles. The Morgan fingerprint density at radius 3 is 2.74 bits per heavy atom. The number of carbonyl (C=O) groups excluding carboxylic acids is 1. The topological polar surface area (TPSA) is 84.7 Å². The molecule has 0 bridgehead atoms. The predicted molar refractivity (Wildman–Crippen MR) is 94.4 cm³/mol. The number of carbonyl (C=O) groups is 1. The highest BCUT2D eigenvalue weighted by Crippen LogP contribution is 2.27. The molecule has 6 nitrogen and oxygen atoms in total. The second kappa shape index (κ2) is 7.16. The van der Waals surface area contributed by atoms with Crippen molar-refractivity contribution in [3.05, 3.63) is 59.6 Å². The van der Waals surface area contributed by atoms with Gasteiger partial charge in [0, 0.05) is 18.5 Å². The molecule has 0 aliphatic carbocycles. The van der Waals surface area contributed by atoms with Gasteiger partial charge in [-0.1, -0.05) is 6.42 Å². The van der Waals surface area contributed by atoms with E-state index in [2.05, 4.69) is 10.2 Å². The highest BCUT2D eigenvalue weighted by molar-refractivity contribution is 6.00. The second-order valence-electron chi connectivity index (χ2n) is 6.53. The third kappa shape index (κ3) is 3.26. The standard InChI is InChI=1S/C20H17FN4O2/c21-14-7-5-13(6-8-14)16-9-10-17(27-16)19(26)15(12-22)20-24-23-18-4-2-1-3-11-25(18)20/h5-10,15H,1-4,11H2. The number of Topliss-reactive ketones (excluding diaryl/α,β-unsaturated/α-hetero) is 1. The summed E-state index contributed by atoms with van der Waals surface area (Å²) in [6.45, 7) is 0.710. The summed E-state index contributed by atoms with van der Waals surface area (Å²) in [7, 11) is 0. The third-order valence-corrected chi connectivity index (χ3v) is 4.77. The minimum atomic E-state index is -1.07. The Kier molecular flexibility index (Phi) is 4.55. The highest BCUT2D eigenvalue weighted by Gasteiger charge is 2.31. The molecule has 0 saturated carbocycles. The van der Waals surface area contributed by atoms with Crippen molar-refractivity contribution in [3.63, 3.8) is 0 Å². The van der Waals surface area contributed by atoms with E-state index in [-0.39, 0.29) is 11.6 Å². The largest absolute Gasteiger partial charge is 0.453 e. The number of aromatic nitrogens is 3. The van der Waals surface area contributed by atoms with Crippen LogP contribution in [0.25, 0.3) is 11.3 Å². The van der Waals surface area contributed by atoms with Crippen molar-refractivity contribution in [1.82, 2.24) is 14.8 Å². The molecule has 1 aliphatic heterocycles. The molecule has 1 unspecified atom stereocenters. The smallest absolute Gasteiger partial charge is 0.222 e. The molecule has 3 heterocycles. The molecule has 0 spiro atoms. The first-order chi connectivity index (χ1) is 13.2. The average Bonchev–Trinajstić information content (AvgIpc) is 3.25. The van der Waals surface area contributed by atoms with Crippen LogP contribution in [0.15, 0.2) is 40.8 Å². The molecule has 0 fully saturated rings. The SMILES string of the molecule is N#CC(C(=O)c1ccc(-c2ccc(F)cc2)o1)c1nnc2n1CCCCC2. The third-order valence-electron chi connectivity index (χ3n) is 4.77. The van der Waals surface area contributed by atoms with Crippen molar-refractivity contribution >= 4 is 5.78 Å². The fourth-order valence-electron chi connectivity index (χ4n) is 3.34. The molecule has 0 N–H and O–H groups in total. The number of rotatable bonds is 4. The summed E-state index contributed by atoms with van der Waals surface area (Å²) in [5, 5.41) is 17.9. The van der Waals surface area contributed by atoms with Crippen molar-refractivity contribution in [3.8, 4) is 17.4 Å². The fourth-order valence-corrected chi connectivity index (χ4v) is 3.34. The maximum absolute atomic E-state index is 13.1. The summed E-state index contributed by atoms with van der Waals surface area (Å²) in [5.41, 5.74) is 0.653. The van der Waals surface area contributed by atoms with Gasteiger partial charge in [0.15, 0.2) is 17.5 Å². The van der Waals surface area contributed by atoms with Crippen LogP contribution in [-0.4, -0.2) is 20.5 Å². The number of hydrogen-bond donors (Lipinski definition) is 0. The summed E-state index contributed by atoms with van der Waals surface area (Å²) >= 11 is 0. The summed E-state index contributed by atoms with van der Waals surface area (Å²) in [6, 6.07) is 11.0. The van der Waals surface area contributed by atoms with Gasteiger partial charge in [-0.05, 0) is 49.2 Å². The summed E-state index contributed by atoms with van der Waals surface area (Å²) < 4.78 is 20.6. The molecule has 7 heteroatoms. The number of furan rings is 1. The van der Waals surface area contributed by atoms with Crippen LogP contribution >= 0.6 is 0 Å². The van der Waals surface area contributed by atoms with Gasteiger partial charge < -0.3 is 8.98 Å². The quantitative estimate of drug-likeness (QED) is 0.656. The summed E-state index contributed by atoms with van der Waals surface area (Å²) in [6.07, 6.45) is 3.89. The van der Waals surface area contributed by atoms with Crippen molar-refractivity contribution in [1.29, 1.82) is 5.26 Å². The van der Waals surface area contributed by atoms with Crippen LogP contribution < -0.4 is 0 Å². The van der Waals surface area contributed by atoms with Crippen molar-refractivity contribution in [2.75, 3.05) is 0 Å². The summed E-state index contributed by atoms with van der Waals surface area (Å²) in [4.78, 5) is 12.9. The van der Waals surface area contributed by atoms with E-state index in [9.17, 15) is 14.4 Å². The van der Waals surface area contributed by atoms with Crippen molar-refractivity contribution in [2.45, 2.75) is 38.1 Å². The van der Waals surface area contributed by atoms with E-state index in [1.807, 2.05) is 10.6 Å². The molecular formula is C20H17FN4O2. The normalized spacial score (nSPS) is 14.8. The second-order valence-corrected chi connectivity index (χ2v) is 6.53. The predicted octanol–water partition coefficient (Wildman–Crippen LogP) is 3.89. The lowest BCUT2D eigenvalue weighted by atomic mass is 10.0. The van der Waals surface area contributed by atoms with Gasteiger partial charge in [-0.2, -0.15) is 5.26 Å². The maximum atomic E-state index is 13.1. The molecule has 0 amide bonds. The Morgan fingerprint density at radius 2 is 1.96 bits per heavy atom. The Balaban J connectivity index is 1.63. The zero-order valence-corrected chi connectivity index (χ0v) is 14.6. The first-order valence-corrected chi connectivity index (χ1v) is 8.89. The van der Waals surface area contributed by atoms with Crippen LogP contribution in [0.5, 0.6) is 0 Å². The molecule has 1 atom stereocenters. The lowest BCUT2D eigenvalue weighted by Crippen LogP contribution is -2.17. The van der Waals surface area contributed by atoms with Crippen LogP contribution in [0.2, 0.25) is 0 Å². The number of nitriles is 1. The van der Waals surface area contributed by atoms with Gasteiger partial charge in [0.05, 0.1) is 6.07 Å². The van der Waals surface area contributed by atoms with Crippen molar-refractivity contribution in [2.24, 2.45) is 0 Å². The van der Waals surface area contributed by atoms with Gasteiger partial charge >= 0.3 is 0 Å². The molecule has 27 heavy (non-hydrogen) atoms. The van der Waals surface area contributed by atoms with Gasteiger partial charge in [0.2, 0.25) is 5.78 Å². The van der Waals surface area contributed by atoms with Crippen LogP contribution in [0.3, 0.4) is 0 Å². The van der Waals surface area contributed by atoms with E-state index in [4.69, 9.17) is 4.42 Å². The zero-order chi connectivity index (χ0) is 18.8. The number of aryl methyl sites for hydroxylation is 1. The van der Waals surface area contributed by atoms with E-state index < -0.39 is 11.7 Å². The molecular weight excluding hydrogens is 347 g/mol. The molecule has 0 saturated heterocycles. The van der Waals surface area contributed by atoms with E-state index in [1.54, 1.807) is 18.2 Å². The van der Waals surface area contributed by atoms with E-state index in [0.717, 1.165) is 31.5 Å². The Morgan fingerprint density at radius 1 is 1.15 bits per heavy atom. The Hall–Kier alpha value is -3.27. The number of fused-ring (bicyclic) bond motifs is 1. The Labute approximate surface area is 155 Å². The minimum Gasteiger partial charge on any atom is -0.453 e. The Bertz CT molecular complexity index is 1010. The van der Waals surface area contributed by atoms with Gasteiger partial charge in [0.25, 0.3) is 0 Å². The molecule has 4 rings (SSSR count). The molecule has 1 aliphatic rings. The number of halogens is 1. The van der Waals surface area contributed by atoms with Crippen LogP contribution in [0.1, 0.15) is 47.4 Å². The lowest BCUT2D eigenvalue weighted by molar-refractivity contribution is 0.0948. The maximum Gasteiger partial charge on any atom is 0.222 e. The van der Waals surface area contributed by atoms with Gasteiger partial charge in [0.1, 0.15) is 17.4 Å². The van der Waals surface area contributed by atoms with Gasteiger partial charge in [-0.25, -0.2) is 4.39 Å². The van der Waals surface area contributed by atoms with Crippen LogP contribution in [0, 0.1) is 17.1 Å². The first-order valence-electron chi connectivity index (χ1n) is 8.89. The lowest BCUT2D eigenvalue weighted by Gasteiger charge is -2.09. The monoisotopic (exact) mass is 364 g/mol. The number of nitrogens with zero attached hydrogens (tertiary/aromatic N) is 4. The first kappa shape index (κ1) is 17.2. The van der Waals surface area contributed by atoms with E-state index >= 15 is 0 Å². The van der Waals surface area contributed by atoms with E-state index in [0.29, 0.717) is 23.7 Å².